The van der Waals surface area contributed by atoms with Gasteiger partial charge in [0.2, 0.25) is 0 Å². The molecule has 1 amide bonds. The average molecular weight is 276 g/mol. The minimum absolute atomic E-state index is 0.0114. The number of rotatable bonds is 4. The first-order chi connectivity index (χ1) is 9.04. The van der Waals surface area contributed by atoms with Crippen molar-refractivity contribution in [2.45, 2.75) is 20.8 Å². The third-order valence-electron chi connectivity index (χ3n) is 2.56. The fourth-order valence-electron chi connectivity index (χ4n) is 1.67. The molecular formula is C14H16N2O2S. The molecule has 2 rings (SSSR count). The monoisotopic (exact) mass is 276 g/mol. The van der Waals surface area contributed by atoms with Gasteiger partial charge >= 0.3 is 0 Å². The minimum Gasteiger partial charge on any atom is -0.483 e. The van der Waals surface area contributed by atoms with Crippen LogP contribution in [0.4, 0.5) is 5.13 Å². The van der Waals surface area contributed by atoms with Gasteiger partial charge < -0.3 is 4.74 Å². The van der Waals surface area contributed by atoms with E-state index < -0.39 is 0 Å². The summed E-state index contributed by atoms with van der Waals surface area (Å²) >= 11 is 1.44. The smallest absolute Gasteiger partial charge is 0.264 e. The third-order valence-corrected chi connectivity index (χ3v) is 3.39. The summed E-state index contributed by atoms with van der Waals surface area (Å²) in [5.41, 5.74) is 2.20. The summed E-state index contributed by atoms with van der Waals surface area (Å²) < 4.78 is 5.50. The first kappa shape index (κ1) is 13.5. The number of benzene rings is 1. The molecular weight excluding hydrogens is 260 g/mol. The van der Waals surface area contributed by atoms with Crippen molar-refractivity contribution in [2.75, 3.05) is 11.9 Å². The van der Waals surface area contributed by atoms with Crippen molar-refractivity contribution in [3.8, 4) is 5.75 Å². The Kier molecular flexibility index (Phi) is 4.16. The Morgan fingerprint density at radius 2 is 2.16 bits per heavy atom. The number of anilines is 1. The normalized spacial score (nSPS) is 10.3. The number of aromatic nitrogens is 1. The number of nitrogens with zero attached hydrogens (tertiary/aromatic N) is 1. The van der Waals surface area contributed by atoms with E-state index in [1.165, 1.54) is 16.9 Å². The van der Waals surface area contributed by atoms with Crippen LogP contribution in [0, 0.1) is 20.8 Å². The summed E-state index contributed by atoms with van der Waals surface area (Å²) in [6, 6.07) is 5.87. The Bertz CT molecular complexity index is 593. The summed E-state index contributed by atoms with van der Waals surface area (Å²) in [5.74, 6) is 0.533. The molecule has 0 bridgehead atoms. The predicted octanol–water partition coefficient (Wildman–Crippen LogP) is 3.09. The highest BCUT2D eigenvalue weighted by Gasteiger charge is 2.07. The fraction of sp³-hybridized carbons (Fsp3) is 0.286. The molecule has 1 aromatic carbocycles. The number of hydrogen-bond acceptors (Lipinski definition) is 4. The molecule has 5 heteroatoms. The standard InChI is InChI=1S/C14H16N2O2S/c1-9-4-5-12(10(2)6-9)18-8-13(17)16-14-15-7-11(3)19-14/h4-7H,8H2,1-3H3,(H,15,16,17). The van der Waals surface area contributed by atoms with Crippen LogP contribution in [-0.2, 0) is 4.79 Å². The largest absolute Gasteiger partial charge is 0.483 e. The second kappa shape index (κ2) is 5.84. The summed E-state index contributed by atoms with van der Waals surface area (Å²) in [5, 5.41) is 3.31. The van der Waals surface area contributed by atoms with Gasteiger partial charge in [-0.15, -0.1) is 11.3 Å². The summed E-state index contributed by atoms with van der Waals surface area (Å²) in [6.45, 7) is 5.92. The molecule has 2 aromatic rings. The van der Waals surface area contributed by atoms with Crippen molar-refractivity contribution in [1.29, 1.82) is 0 Å². The van der Waals surface area contributed by atoms with Crippen molar-refractivity contribution in [3.05, 3.63) is 40.4 Å². The van der Waals surface area contributed by atoms with Crippen LogP contribution in [0.25, 0.3) is 0 Å². The van der Waals surface area contributed by atoms with Gasteiger partial charge in [-0.25, -0.2) is 4.98 Å². The molecule has 0 atom stereocenters. The lowest BCUT2D eigenvalue weighted by atomic mass is 10.1. The lowest BCUT2D eigenvalue weighted by Crippen LogP contribution is -2.20. The fourth-order valence-corrected chi connectivity index (χ4v) is 2.35. The van der Waals surface area contributed by atoms with Crippen molar-refractivity contribution < 1.29 is 9.53 Å². The Morgan fingerprint density at radius 3 is 2.79 bits per heavy atom. The molecule has 0 spiro atoms. The van der Waals surface area contributed by atoms with Crippen LogP contribution in [0.15, 0.2) is 24.4 Å². The van der Waals surface area contributed by atoms with Gasteiger partial charge in [-0.1, -0.05) is 17.7 Å². The van der Waals surface area contributed by atoms with Gasteiger partial charge in [-0.2, -0.15) is 0 Å². The van der Waals surface area contributed by atoms with Gasteiger partial charge in [0.1, 0.15) is 5.75 Å². The quantitative estimate of drug-likeness (QED) is 0.933. The molecule has 0 radical (unpaired) electrons. The van der Waals surface area contributed by atoms with E-state index in [1.54, 1.807) is 6.20 Å². The Hall–Kier alpha value is -1.88. The van der Waals surface area contributed by atoms with E-state index in [-0.39, 0.29) is 12.5 Å². The number of amides is 1. The van der Waals surface area contributed by atoms with Crippen LogP contribution in [0.1, 0.15) is 16.0 Å². The van der Waals surface area contributed by atoms with Gasteiger partial charge in [0.25, 0.3) is 5.91 Å². The molecule has 0 aliphatic carbocycles. The molecule has 0 saturated carbocycles. The summed E-state index contributed by atoms with van der Waals surface area (Å²) in [4.78, 5) is 16.8. The topological polar surface area (TPSA) is 51.2 Å². The first-order valence-electron chi connectivity index (χ1n) is 5.97. The maximum atomic E-state index is 11.7. The van der Waals surface area contributed by atoms with Crippen LogP contribution in [0.5, 0.6) is 5.75 Å². The number of hydrogen-bond donors (Lipinski definition) is 1. The maximum absolute atomic E-state index is 11.7. The number of carbonyl (C=O) groups excluding carboxylic acids is 1. The second-order valence-corrected chi connectivity index (χ2v) is 5.62. The van der Waals surface area contributed by atoms with Gasteiger partial charge in [-0.05, 0) is 32.4 Å². The molecule has 100 valence electrons. The molecule has 0 aliphatic heterocycles. The molecule has 0 saturated heterocycles. The number of ether oxygens (including phenoxy) is 1. The highest BCUT2D eigenvalue weighted by Crippen LogP contribution is 2.19. The van der Waals surface area contributed by atoms with E-state index >= 15 is 0 Å². The third kappa shape index (κ3) is 3.79. The van der Waals surface area contributed by atoms with Crippen LogP contribution in [0.3, 0.4) is 0 Å². The van der Waals surface area contributed by atoms with E-state index in [0.717, 1.165) is 16.2 Å². The second-order valence-electron chi connectivity index (χ2n) is 4.38. The SMILES string of the molecule is Cc1ccc(OCC(=O)Nc2ncc(C)s2)c(C)c1. The van der Waals surface area contributed by atoms with E-state index in [2.05, 4.69) is 10.3 Å². The highest BCUT2D eigenvalue weighted by atomic mass is 32.1. The number of carbonyl (C=O) groups is 1. The zero-order valence-electron chi connectivity index (χ0n) is 11.2. The molecule has 4 nitrogen and oxygen atoms in total. The molecule has 0 aliphatic rings. The van der Waals surface area contributed by atoms with E-state index in [9.17, 15) is 4.79 Å². The van der Waals surface area contributed by atoms with Gasteiger partial charge in [0.15, 0.2) is 11.7 Å². The molecule has 19 heavy (non-hydrogen) atoms. The molecule has 1 aromatic heterocycles. The number of aryl methyl sites for hydroxylation is 3. The van der Waals surface area contributed by atoms with Crippen molar-refractivity contribution in [1.82, 2.24) is 4.98 Å². The highest BCUT2D eigenvalue weighted by molar-refractivity contribution is 7.15. The van der Waals surface area contributed by atoms with Crippen LogP contribution in [0.2, 0.25) is 0 Å². The van der Waals surface area contributed by atoms with E-state index in [1.807, 2.05) is 39.0 Å². The van der Waals surface area contributed by atoms with Crippen molar-refractivity contribution in [2.24, 2.45) is 0 Å². The lowest BCUT2D eigenvalue weighted by molar-refractivity contribution is -0.118. The Morgan fingerprint density at radius 1 is 1.37 bits per heavy atom. The maximum Gasteiger partial charge on any atom is 0.264 e. The summed E-state index contributed by atoms with van der Waals surface area (Å²) in [6.07, 6.45) is 1.73. The molecule has 0 unspecified atom stereocenters. The van der Waals surface area contributed by atoms with Crippen LogP contribution >= 0.6 is 11.3 Å². The Balaban J connectivity index is 1.89. The lowest BCUT2D eigenvalue weighted by Gasteiger charge is -2.09. The zero-order chi connectivity index (χ0) is 13.8. The summed E-state index contributed by atoms with van der Waals surface area (Å²) in [7, 11) is 0. The van der Waals surface area contributed by atoms with Crippen molar-refractivity contribution in [3.63, 3.8) is 0 Å². The van der Waals surface area contributed by atoms with Crippen LogP contribution in [-0.4, -0.2) is 17.5 Å². The van der Waals surface area contributed by atoms with E-state index in [4.69, 9.17) is 4.74 Å². The molecule has 1 N–H and O–H groups in total. The molecule has 1 heterocycles. The Labute approximate surface area is 116 Å². The van der Waals surface area contributed by atoms with Crippen LogP contribution < -0.4 is 10.1 Å². The van der Waals surface area contributed by atoms with Gasteiger partial charge in [-0.3, -0.25) is 10.1 Å². The van der Waals surface area contributed by atoms with Gasteiger partial charge in [0, 0.05) is 11.1 Å². The van der Waals surface area contributed by atoms with E-state index in [0.29, 0.717) is 5.13 Å². The minimum atomic E-state index is -0.200. The average Bonchev–Trinajstić information content (AvgIpc) is 2.73. The zero-order valence-corrected chi connectivity index (χ0v) is 12.0. The molecule has 0 fully saturated rings. The first-order valence-corrected chi connectivity index (χ1v) is 6.78. The predicted molar refractivity (Wildman–Crippen MR) is 76.9 cm³/mol. The van der Waals surface area contributed by atoms with Gasteiger partial charge in [0.05, 0.1) is 0 Å². The number of nitrogens with one attached hydrogen (secondary N) is 1. The van der Waals surface area contributed by atoms with Crippen molar-refractivity contribution >= 4 is 22.4 Å². The number of thiazole rings is 1.